The number of likely N-dealkylation sites (N-methyl/N-ethyl adjacent to an activating group) is 1. The van der Waals surface area contributed by atoms with E-state index in [0.717, 1.165) is 6.54 Å². The van der Waals surface area contributed by atoms with E-state index in [2.05, 4.69) is 25.2 Å². The van der Waals surface area contributed by atoms with Gasteiger partial charge in [0.1, 0.15) is 5.54 Å². The lowest BCUT2D eigenvalue weighted by Gasteiger charge is -2.22. The first-order chi connectivity index (χ1) is 6.04. The summed E-state index contributed by atoms with van der Waals surface area (Å²) in [4.78, 5) is 0. The number of hydrogen-bond acceptors (Lipinski definition) is 3. The van der Waals surface area contributed by atoms with Gasteiger partial charge in [-0.1, -0.05) is 20.8 Å². The number of rotatable bonds is 6. The Balaban J connectivity index is 3.78. The molecule has 0 aliphatic rings. The summed E-state index contributed by atoms with van der Waals surface area (Å²) >= 11 is 0. The molecule has 0 heterocycles. The fourth-order valence-electron chi connectivity index (χ4n) is 1.01. The van der Waals surface area contributed by atoms with Crippen molar-refractivity contribution in [2.24, 2.45) is 5.92 Å². The second kappa shape index (κ2) is 5.95. The molecular formula is C10H20N2O. The molecule has 3 nitrogen and oxygen atoms in total. The van der Waals surface area contributed by atoms with Crippen LogP contribution in [0.1, 0.15) is 27.7 Å². The van der Waals surface area contributed by atoms with Crippen molar-refractivity contribution in [2.75, 3.05) is 19.8 Å². The minimum atomic E-state index is -0.538. The van der Waals surface area contributed by atoms with Crippen LogP contribution in [0, 0.1) is 17.2 Å². The molecule has 0 radical (unpaired) electrons. The Morgan fingerprint density at radius 3 is 2.54 bits per heavy atom. The summed E-state index contributed by atoms with van der Waals surface area (Å²) in [5, 5.41) is 12.0. The van der Waals surface area contributed by atoms with Gasteiger partial charge in [0.15, 0.2) is 0 Å². The van der Waals surface area contributed by atoms with E-state index in [1.165, 1.54) is 0 Å². The average molecular weight is 184 g/mol. The van der Waals surface area contributed by atoms with Crippen molar-refractivity contribution in [1.29, 1.82) is 5.26 Å². The predicted octanol–water partition coefficient (Wildman–Crippen LogP) is 1.55. The van der Waals surface area contributed by atoms with Gasteiger partial charge in [0.05, 0.1) is 12.7 Å². The zero-order chi connectivity index (χ0) is 10.3. The molecule has 0 rings (SSSR count). The van der Waals surface area contributed by atoms with Crippen LogP contribution in [0.5, 0.6) is 0 Å². The molecular weight excluding hydrogens is 164 g/mol. The highest BCUT2D eigenvalue weighted by molar-refractivity contribution is 5.03. The monoisotopic (exact) mass is 184 g/mol. The van der Waals surface area contributed by atoms with Gasteiger partial charge >= 0.3 is 0 Å². The number of hydrogen-bond donors (Lipinski definition) is 1. The van der Waals surface area contributed by atoms with Crippen LogP contribution in [0.2, 0.25) is 0 Å². The molecule has 0 aromatic carbocycles. The number of nitrogens with zero attached hydrogens (tertiary/aromatic N) is 1. The number of nitrogens with one attached hydrogen (secondary N) is 1. The summed E-state index contributed by atoms with van der Waals surface area (Å²) < 4.78 is 5.42. The van der Waals surface area contributed by atoms with Crippen LogP contribution in [-0.2, 0) is 4.74 Å². The normalized spacial score (nSPS) is 15.4. The molecule has 1 atom stereocenters. The topological polar surface area (TPSA) is 45.0 Å². The highest BCUT2D eigenvalue weighted by atomic mass is 16.5. The summed E-state index contributed by atoms with van der Waals surface area (Å²) in [5.41, 5.74) is -0.538. The first kappa shape index (κ1) is 12.4. The Kier molecular flexibility index (Phi) is 5.68. The van der Waals surface area contributed by atoms with Crippen molar-refractivity contribution in [3.05, 3.63) is 0 Å². The maximum absolute atomic E-state index is 8.89. The Labute approximate surface area is 81.1 Å². The van der Waals surface area contributed by atoms with Gasteiger partial charge in [0, 0.05) is 6.61 Å². The van der Waals surface area contributed by atoms with Crippen molar-refractivity contribution in [2.45, 2.75) is 33.2 Å². The SMILES string of the molecule is CCNC(C)(C#N)COCC(C)C. The highest BCUT2D eigenvalue weighted by Crippen LogP contribution is 2.03. The highest BCUT2D eigenvalue weighted by Gasteiger charge is 2.22. The Hall–Kier alpha value is -0.590. The summed E-state index contributed by atoms with van der Waals surface area (Å²) in [5.74, 6) is 0.518. The number of ether oxygens (including phenoxy) is 1. The molecule has 1 N–H and O–H groups in total. The van der Waals surface area contributed by atoms with E-state index in [1.807, 2.05) is 13.8 Å². The van der Waals surface area contributed by atoms with E-state index in [0.29, 0.717) is 19.1 Å². The fraction of sp³-hybridized carbons (Fsp3) is 0.900. The lowest BCUT2D eigenvalue weighted by molar-refractivity contribution is 0.0769. The first-order valence-electron chi connectivity index (χ1n) is 4.78. The summed E-state index contributed by atoms with van der Waals surface area (Å²) in [6, 6.07) is 2.22. The lowest BCUT2D eigenvalue weighted by atomic mass is 10.1. The third-order valence-electron chi connectivity index (χ3n) is 1.66. The van der Waals surface area contributed by atoms with E-state index in [4.69, 9.17) is 10.00 Å². The molecule has 0 spiro atoms. The van der Waals surface area contributed by atoms with Crippen molar-refractivity contribution < 1.29 is 4.74 Å². The summed E-state index contributed by atoms with van der Waals surface area (Å²) in [7, 11) is 0. The van der Waals surface area contributed by atoms with Crippen LogP contribution in [0.25, 0.3) is 0 Å². The largest absolute Gasteiger partial charge is 0.378 e. The van der Waals surface area contributed by atoms with E-state index >= 15 is 0 Å². The molecule has 13 heavy (non-hydrogen) atoms. The molecule has 3 heteroatoms. The first-order valence-corrected chi connectivity index (χ1v) is 4.78. The van der Waals surface area contributed by atoms with Gasteiger partial charge < -0.3 is 4.74 Å². The van der Waals surface area contributed by atoms with Gasteiger partial charge in [-0.3, -0.25) is 5.32 Å². The standard InChI is InChI=1S/C10H20N2O/c1-5-12-10(4,7-11)8-13-6-9(2)3/h9,12H,5-6,8H2,1-4H3. The van der Waals surface area contributed by atoms with Gasteiger partial charge in [-0.05, 0) is 19.4 Å². The second-order valence-corrected chi connectivity index (χ2v) is 3.88. The van der Waals surface area contributed by atoms with Crippen LogP contribution in [0.15, 0.2) is 0 Å². The quantitative estimate of drug-likeness (QED) is 0.681. The second-order valence-electron chi connectivity index (χ2n) is 3.88. The van der Waals surface area contributed by atoms with Gasteiger partial charge in [0.25, 0.3) is 0 Å². The zero-order valence-electron chi connectivity index (χ0n) is 9.05. The van der Waals surface area contributed by atoms with Gasteiger partial charge in [-0.25, -0.2) is 0 Å². The summed E-state index contributed by atoms with van der Waals surface area (Å²) in [6.07, 6.45) is 0. The lowest BCUT2D eigenvalue weighted by Crippen LogP contribution is -2.45. The zero-order valence-corrected chi connectivity index (χ0v) is 9.05. The molecule has 0 fully saturated rings. The molecule has 0 amide bonds. The van der Waals surface area contributed by atoms with Crippen LogP contribution in [-0.4, -0.2) is 25.3 Å². The average Bonchev–Trinajstić information content (AvgIpc) is 2.04. The molecule has 0 bridgehead atoms. The molecule has 0 saturated carbocycles. The van der Waals surface area contributed by atoms with Crippen molar-refractivity contribution >= 4 is 0 Å². The Morgan fingerprint density at radius 1 is 1.54 bits per heavy atom. The van der Waals surface area contributed by atoms with Crippen LogP contribution in [0.3, 0.4) is 0 Å². The molecule has 0 aromatic rings. The van der Waals surface area contributed by atoms with Gasteiger partial charge in [0.2, 0.25) is 0 Å². The molecule has 0 saturated heterocycles. The predicted molar refractivity (Wildman–Crippen MR) is 53.4 cm³/mol. The van der Waals surface area contributed by atoms with Gasteiger partial charge in [-0.15, -0.1) is 0 Å². The van der Waals surface area contributed by atoms with E-state index in [1.54, 1.807) is 0 Å². The van der Waals surface area contributed by atoms with E-state index in [-0.39, 0.29) is 0 Å². The van der Waals surface area contributed by atoms with Crippen molar-refractivity contribution in [3.8, 4) is 6.07 Å². The molecule has 0 aliphatic carbocycles. The molecule has 76 valence electrons. The van der Waals surface area contributed by atoms with Crippen LogP contribution >= 0.6 is 0 Å². The Bertz CT molecular complexity index is 174. The van der Waals surface area contributed by atoms with E-state index < -0.39 is 5.54 Å². The van der Waals surface area contributed by atoms with E-state index in [9.17, 15) is 0 Å². The van der Waals surface area contributed by atoms with Crippen LogP contribution < -0.4 is 5.32 Å². The maximum Gasteiger partial charge on any atom is 0.127 e. The third kappa shape index (κ3) is 5.62. The molecule has 0 aliphatic heterocycles. The third-order valence-corrected chi connectivity index (χ3v) is 1.66. The number of nitriles is 1. The fourth-order valence-corrected chi connectivity index (χ4v) is 1.01. The maximum atomic E-state index is 8.89. The molecule has 0 aromatic heterocycles. The minimum absolute atomic E-state index is 0.454. The smallest absolute Gasteiger partial charge is 0.127 e. The van der Waals surface area contributed by atoms with Gasteiger partial charge in [-0.2, -0.15) is 5.26 Å². The molecule has 1 unspecified atom stereocenters. The van der Waals surface area contributed by atoms with Crippen LogP contribution in [0.4, 0.5) is 0 Å². The van der Waals surface area contributed by atoms with Crippen molar-refractivity contribution in [1.82, 2.24) is 5.32 Å². The Morgan fingerprint density at radius 2 is 2.15 bits per heavy atom. The van der Waals surface area contributed by atoms with Crippen molar-refractivity contribution in [3.63, 3.8) is 0 Å². The minimum Gasteiger partial charge on any atom is -0.378 e. The summed E-state index contributed by atoms with van der Waals surface area (Å²) in [6.45, 7) is 9.98.